The molecule has 0 amide bonds. The van der Waals surface area contributed by atoms with Crippen LogP contribution < -0.4 is 5.32 Å². The lowest BCUT2D eigenvalue weighted by Gasteiger charge is -2.21. The number of hydrogen-bond acceptors (Lipinski definition) is 3. The number of nitrogens with one attached hydrogen (secondary N) is 1. The quantitative estimate of drug-likeness (QED) is 0.701. The zero-order chi connectivity index (χ0) is 12.7. The number of aliphatic carboxylic acids is 1. The number of hydrogen-bond donors (Lipinski definition) is 2. The van der Waals surface area contributed by atoms with Crippen molar-refractivity contribution < 1.29 is 9.90 Å². The van der Waals surface area contributed by atoms with Crippen molar-refractivity contribution in [3.05, 3.63) is 22.4 Å². The van der Waals surface area contributed by atoms with Crippen molar-refractivity contribution in [2.75, 3.05) is 6.54 Å². The fourth-order valence-corrected chi connectivity index (χ4v) is 2.77. The van der Waals surface area contributed by atoms with Gasteiger partial charge in [0.25, 0.3) is 0 Å². The molecule has 0 aliphatic rings. The van der Waals surface area contributed by atoms with Crippen LogP contribution in [0.15, 0.2) is 17.5 Å². The van der Waals surface area contributed by atoms with Gasteiger partial charge in [-0.2, -0.15) is 0 Å². The molecule has 0 saturated carbocycles. The predicted octanol–water partition coefficient (Wildman–Crippen LogP) is 3.29. The highest BCUT2D eigenvalue weighted by atomic mass is 32.1. The molecule has 0 saturated heterocycles. The van der Waals surface area contributed by atoms with E-state index in [0.717, 1.165) is 19.4 Å². The van der Waals surface area contributed by atoms with Gasteiger partial charge in [0.1, 0.15) is 0 Å². The van der Waals surface area contributed by atoms with Crippen LogP contribution in [0.4, 0.5) is 0 Å². The summed E-state index contributed by atoms with van der Waals surface area (Å²) in [4.78, 5) is 11.7. The molecule has 0 aromatic carbocycles. The van der Waals surface area contributed by atoms with Gasteiger partial charge in [-0.25, -0.2) is 0 Å². The molecule has 0 fully saturated rings. The minimum absolute atomic E-state index is 0.271. The first-order chi connectivity index (χ1) is 8.11. The van der Waals surface area contributed by atoms with Crippen LogP contribution in [0.3, 0.4) is 0 Å². The molecule has 1 rings (SSSR count). The Bertz CT molecular complexity index is 322. The lowest BCUT2D eigenvalue weighted by Crippen LogP contribution is -2.26. The van der Waals surface area contributed by atoms with Gasteiger partial charge in [-0.1, -0.05) is 19.9 Å². The lowest BCUT2D eigenvalue weighted by atomic mass is 10.0. The van der Waals surface area contributed by atoms with Crippen molar-refractivity contribution in [1.29, 1.82) is 0 Å². The Kier molecular flexibility index (Phi) is 6.22. The SMILES string of the molecule is CC(C)C(NCCCCC(=O)O)c1cccs1. The number of carboxylic acids is 1. The van der Waals surface area contributed by atoms with E-state index in [1.54, 1.807) is 11.3 Å². The molecule has 96 valence electrons. The maximum absolute atomic E-state index is 10.4. The normalized spacial score (nSPS) is 12.9. The van der Waals surface area contributed by atoms with Crippen molar-refractivity contribution in [3.63, 3.8) is 0 Å². The first kappa shape index (κ1) is 14.2. The third kappa shape index (κ3) is 5.33. The number of thiophene rings is 1. The van der Waals surface area contributed by atoms with E-state index >= 15 is 0 Å². The second kappa shape index (κ2) is 7.45. The van der Waals surface area contributed by atoms with E-state index in [1.165, 1.54) is 4.88 Å². The minimum Gasteiger partial charge on any atom is -0.481 e. The maximum Gasteiger partial charge on any atom is 0.303 e. The van der Waals surface area contributed by atoms with Gasteiger partial charge in [0, 0.05) is 17.3 Å². The average molecular weight is 255 g/mol. The summed E-state index contributed by atoms with van der Waals surface area (Å²) < 4.78 is 0. The first-order valence-electron chi connectivity index (χ1n) is 6.10. The summed E-state index contributed by atoms with van der Waals surface area (Å²) >= 11 is 1.77. The van der Waals surface area contributed by atoms with E-state index in [1.807, 2.05) is 0 Å². The molecule has 1 atom stereocenters. The molecule has 1 aromatic heterocycles. The molecule has 0 spiro atoms. The van der Waals surface area contributed by atoms with Crippen LogP contribution in [0.5, 0.6) is 0 Å². The third-order valence-electron chi connectivity index (χ3n) is 2.70. The van der Waals surface area contributed by atoms with Crippen LogP contribution in [0, 0.1) is 5.92 Å². The van der Waals surface area contributed by atoms with Gasteiger partial charge in [-0.05, 0) is 36.8 Å². The van der Waals surface area contributed by atoms with Gasteiger partial charge < -0.3 is 10.4 Å². The molecule has 0 bridgehead atoms. The average Bonchev–Trinajstić information content (AvgIpc) is 2.75. The number of rotatable bonds is 8. The summed E-state index contributed by atoms with van der Waals surface area (Å²) in [5, 5.41) is 14.1. The van der Waals surface area contributed by atoms with Crippen LogP contribution in [-0.4, -0.2) is 17.6 Å². The summed E-state index contributed by atoms with van der Waals surface area (Å²) in [5.41, 5.74) is 0. The molecule has 1 heterocycles. The van der Waals surface area contributed by atoms with Gasteiger partial charge >= 0.3 is 5.97 Å². The molecule has 0 radical (unpaired) electrons. The van der Waals surface area contributed by atoms with Crippen molar-refractivity contribution in [1.82, 2.24) is 5.32 Å². The molecular formula is C13H21NO2S. The lowest BCUT2D eigenvalue weighted by molar-refractivity contribution is -0.137. The Hall–Kier alpha value is -0.870. The standard InChI is InChI=1S/C13H21NO2S/c1-10(2)13(11-6-5-9-17-11)14-8-4-3-7-12(15)16/h5-6,9-10,13-14H,3-4,7-8H2,1-2H3,(H,15,16). The molecule has 1 aromatic rings. The molecule has 17 heavy (non-hydrogen) atoms. The van der Waals surface area contributed by atoms with Gasteiger partial charge in [0.15, 0.2) is 0 Å². The summed E-state index contributed by atoms with van der Waals surface area (Å²) in [7, 11) is 0. The highest BCUT2D eigenvalue weighted by Crippen LogP contribution is 2.25. The Labute approximate surface area is 107 Å². The largest absolute Gasteiger partial charge is 0.481 e. The van der Waals surface area contributed by atoms with E-state index in [2.05, 4.69) is 36.7 Å². The van der Waals surface area contributed by atoms with Gasteiger partial charge in [0.05, 0.1) is 0 Å². The first-order valence-corrected chi connectivity index (χ1v) is 6.98. The van der Waals surface area contributed by atoms with E-state index in [-0.39, 0.29) is 6.42 Å². The minimum atomic E-state index is -0.705. The topological polar surface area (TPSA) is 49.3 Å². The zero-order valence-electron chi connectivity index (χ0n) is 10.5. The van der Waals surface area contributed by atoms with Crippen molar-refractivity contribution in [2.24, 2.45) is 5.92 Å². The molecule has 1 unspecified atom stereocenters. The Morgan fingerprint density at radius 2 is 2.24 bits per heavy atom. The monoisotopic (exact) mass is 255 g/mol. The summed E-state index contributed by atoms with van der Waals surface area (Å²) in [5.74, 6) is -0.156. The second-order valence-corrected chi connectivity index (χ2v) is 5.52. The van der Waals surface area contributed by atoms with Crippen LogP contribution in [0.1, 0.15) is 44.0 Å². The van der Waals surface area contributed by atoms with Crippen molar-refractivity contribution >= 4 is 17.3 Å². The number of carboxylic acid groups (broad SMARTS) is 1. The molecule has 3 nitrogen and oxygen atoms in total. The van der Waals surface area contributed by atoms with Crippen molar-refractivity contribution in [2.45, 2.75) is 39.2 Å². The molecule has 0 aliphatic heterocycles. The molecule has 2 N–H and O–H groups in total. The van der Waals surface area contributed by atoms with E-state index in [4.69, 9.17) is 5.11 Å². The molecule has 4 heteroatoms. The molecule has 0 aliphatic carbocycles. The predicted molar refractivity (Wildman–Crippen MR) is 71.4 cm³/mol. The number of unbranched alkanes of at least 4 members (excludes halogenated alkanes) is 1. The van der Waals surface area contributed by atoms with E-state index in [9.17, 15) is 4.79 Å². The Morgan fingerprint density at radius 1 is 1.47 bits per heavy atom. The van der Waals surface area contributed by atoms with Crippen molar-refractivity contribution in [3.8, 4) is 0 Å². The summed E-state index contributed by atoms with van der Waals surface area (Å²) in [6, 6.07) is 4.61. The van der Waals surface area contributed by atoms with Crippen LogP contribution in [-0.2, 0) is 4.79 Å². The zero-order valence-corrected chi connectivity index (χ0v) is 11.3. The Balaban J connectivity index is 2.29. The van der Waals surface area contributed by atoms with E-state index in [0.29, 0.717) is 12.0 Å². The van der Waals surface area contributed by atoms with Crippen LogP contribution in [0.2, 0.25) is 0 Å². The highest BCUT2D eigenvalue weighted by Gasteiger charge is 2.15. The summed E-state index contributed by atoms with van der Waals surface area (Å²) in [6.07, 6.45) is 1.94. The number of carbonyl (C=O) groups is 1. The summed E-state index contributed by atoms with van der Waals surface area (Å²) in [6.45, 7) is 5.29. The second-order valence-electron chi connectivity index (χ2n) is 4.54. The third-order valence-corrected chi connectivity index (χ3v) is 3.65. The Morgan fingerprint density at radius 3 is 2.76 bits per heavy atom. The smallest absolute Gasteiger partial charge is 0.303 e. The van der Waals surface area contributed by atoms with Gasteiger partial charge in [-0.15, -0.1) is 11.3 Å². The fourth-order valence-electron chi connectivity index (χ4n) is 1.79. The highest BCUT2D eigenvalue weighted by molar-refractivity contribution is 7.10. The van der Waals surface area contributed by atoms with Crippen LogP contribution in [0.25, 0.3) is 0 Å². The molecular weight excluding hydrogens is 234 g/mol. The fraction of sp³-hybridized carbons (Fsp3) is 0.615. The van der Waals surface area contributed by atoms with Crippen LogP contribution >= 0.6 is 11.3 Å². The van der Waals surface area contributed by atoms with Gasteiger partial charge in [0.2, 0.25) is 0 Å². The van der Waals surface area contributed by atoms with Gasteiger partial charge in [-0.3, -0.25) is 4.79 Å². The maximum atomic E-state index is 10.4. The van der Waals surface area contributed by atoms with E-state index < -0.39 is 5.97 Å².